The third-order valence-electron chi connectivity index (χ3n) is 4.83. The maximum atomic E-state index is 12.2. The first kappa shape index (κ1) is 18.8. The molecule has 9 nitrogen and oxygen atoms in total. The van der Waals surface area contributed by atoms with E-state index in [1.165, 1.54) is 10.8 Å². The van der Waals surface area contributed by atoms with Crippen LogP contribution in [0.2, 0.25) is 0 Å². The molecule has 0 saturated carbocycles. The van der Waals surface area contributed by atoms with Crippen molar-refractivity contribution in [3.63, 3.8) is 0 Å². The van der Waals surface area contributed by atoms with Crippen molar-refractivity contribution in [3.05, 3.63) is 67.5 Å². The number of ether oxygens (including phenoxy) is 1. The van der Waals surface area contributed by atoms with Gasteiger partial charge in [-0.1, -0.05) is 33.3 Å². The number of aliphatic hydroxyl groups is 1. The smallest absolute Gasteiger partial charge is 0.330 e. The van der Waals surface area contributed by atoms with E-state index in [0.717, 1.165) is 10.0 Å². The van der Waals surface area contributed by atoms with Gasteiger partial charge in [0.05, 0.1) is 18.8 Å². The van der Waals surface area contributed by atoms with Crippen LogP contribution in [0.25, 0.3) is 11.3 Å². The summed E-state index contributed by atoms with van der Waals surface area (Å²) in [5.74, 6) is 0. The van der Waals surface area contributed by atoms with Gasteiger partial charge >= 0.3 is 5.69 Å². The van der Waals surface area contributed by atoms with Gasteiger partial charge in [-0.25, -0.2) is 9.48 Å². The van der Waals surface area contributed by atoms with Gasteiger partial charge in [0.2, 0.25) is 0 Å². The van der Waals surface area contributed by atoms with Crippen LogP contribution in [0.15, 0.2) is 50.7 Å². The molecule has 0 radical (unpaired) electrons. The fraction of sp³-hybridized carbons (Fsp3) is 0.333. The van der Waals surface area contributed by atoms with E-state index in [1.807, 2.05) is 24.3 Å². The van der Waals surface area contributed by atoms with Crippen LogP contribution in [0.5, 0.6) is 0 Å². The van der Waals surface area contributed by atoms with Gasteiger partial charge in [0.25, 0.3) is 5.56 Å². The van der Waals surface area contributed by atoms with Crippen LogP contribution in [-0.2, 0) is 4.74 Å². The molecule has 1 fully saturated rings. The summed E-state index contributed by atoms with van der Waals surface area (Å²) in [4.78, 5) is 26.0. The monoisotopic (exact) mass is 447 g/mol. The van der Waals surface area contributed by atoms with E-state index < -0.39 is 23.6 Å². The molecule has 3 aromatic rings. The first-order valence-corrected chi connectivity index (χ1v) is 9.51. The molecule has 3 heterocycles. The molecule has 2 aromatic heterocycles. The van der Waals surface area contributed by atoms with Crippen LogP contribution in [0.4, 0.5) is 0 Å². The highest BCUT2D eigenvalue weighted by Crippen LogP contribution is 2.36. The Morgan fingerprint density at radius 3 is 2.75 bits per heavy atom. The Labute approximate surface area is 167 Å². The van der Waals surface area contributed by atoms with Gasteiger partial charge in [-0.05, 0) is 19.1 Å². The van der Waals surface area contributed by atoms with E-state index in [-0.39, 0.29) is 12.6 Å². The van der Waals surface area contributed by atoms with Gasteiger partial charge in [-0.3, -0.25) is 14.3 Å². The van der Waals surface area contributed by atoms with Crippen LogP contribution in [0.1, 0.15) is 24.3 Å². The molecule has 10 heteroatoms. The first-order chi connectivity index (χ1) is 13.5. The number of aromatic nitrogens is 5. The Morgan fingerprint density at radius 1 is 1.29 bits per heavy atom. The molecular weight excluding hydrogens is 430 g/mol. The average molecular weight is 448 g/mol. The van der Waals surface area contributed by atoms with E-state index in [9.17, 15) is 14.7 Å². The summed E-state index contributed by atoms with van der Waals surface area (Å²) in [6.07, 6.45) is 2.49. The van der Waals surface area contributed by atoms with Crippen LogP contribution in [-0.4, -0.2) is 42.4 Å². The van der Waals surface area contributed by atoms with Gasteiger partial charge in [0.1, 0.15) is 18.0 Å². The van der Waals surface area contributed by atoms with E-state index >= 15 is 0 Å². The fourth-order valence-electron chi connectivity index (χ4n) is 3.32. The van der Waals surface area contributed by atoms with E-state index in [2.05, 4.69) is 31.2 Å². The minimum Gasteiger partial charge on any atom is -0.394 e. The molecule has 0 amide bonds. The average Bonchev–Trinajstić information content (AvgIpc) is 3.32. The van der Waals surface area contributed by atoms with Crippen molar-refractivity contribution in [1.82, 2.24) is 24.5 Å². The number of hydrogen-bond donors (Lipinski definition) is 2. The SMILES string of the molecule is Cc1cn([C@@H]2C[C@H](n3cc(-c4ccc(Br)cc4)nn3)[C@@H](CO)O2)c(=O)[nH]c1=O. The zero-order valence-electron chi connectivity index (χ0n) is 14.9. The number of rotatable bonds is 4. The largest absolute Gasteiger partial charge is 0.394 e. The van der Waals surface area contributed by atoms with Crippen LogP contribution >= 0.6 is 15.9 Å². The maximum Gasteiger partial charge on any atom is 0.330 e. The van der Waals surface area contributed by atoms with Crippen LogP contribution < -0.4 is 11.2 Å². The van der Waals surface area contributed by atoms with Gasteiger partial charge in [-0.2, -0.15) is 0 Å². The van der Waals surface area contributed by atoms with Crippen molar-refractivity contribution in [2.45, 2.75) is 31.7 Å². The first-order valence-electron chi connectivity index (χ1n) is 8.72. The lowest BCUT2D eigenvalue weighted by Crippen LogP contribution is -2.33. The molecule has 0 unspecified atom stereocenters. The van der Waals surface area contributed by atoms with Crippen molar-refractivity contribution in [3.8, 4) is 11.3 Å². The Morgan fingerprint density at radius 2 is 2.04 bits per heavy atom. The molecular formula is C18H18BrN5O4. The number of aromatic amines is 1. The highest BCUT2D eigenvalue weighted by molar-refractivity contribution is 9.10. The molecule has 1 saturated heterocycles. The van der Waals surface area contributed by atoms with Gasteiger partial charge in [-0.15, -0.1) is 5.10 Å². The Kier molecular flexibility index (Phi) is 5.00. The van der Waals surface area contributed by atoms with Crippen molar-refractivity contribution < 1.29 is 9.84 Å². The van der Waals surface area contributed by atoms with Crippen molar-refractivity contribution in [2.24, 2.45) is 0 Å². The number of hydrogen-bond acceptors (Lipinski definition) is 6. The number of H-pyrrole nitrogens is 1. The highest BCUT2D eigenvalue weighted by atomic mass is 79.9. The van der Waals surface area contributed by atoms with E-state index in [4.69, 9.17) is 4.74 Å². The Bertz CT molecular complexity index is 1100. The molecule has 0 aliphatic carbocycles. The Hall–Kier alpha value is -2.56. The molecule has 4 rings (SSSR count). The molecule has 0 bridgehead atoms. The van der Waals surface area contributed by atoms with Gasteiger partial charge < -0.3 is 9.84 Å². The highest BCUT2D eigenvalue weighted by Gasteiger charge is 2.38. The number of nitrogens with one attached hydrogen (secondary N) is 1. The Balaban J connectivity index is 1.62. The second kappa shape index (κ2) is 7.46. The van der Waals surface area contributed by atoms with Crippen molar-refractivity contribution in [1.29, 1.82) is 0 Å². The van der Waals surface area contributed by atoms with Crippen LogP contribution in [0, 0.1) is 6.92 Å². The standard InChI is InChI=1S/C18H18BrN5O4/c1-10-7-23(18(27)20-17(10)26)16-6-14(15(9-25)28-16)24-8-13(21-22-24)11-2-4-12(19)5-3-11/h2-5,7-8,14-16,25H,6,9H2,1H3,(H,20,26,27)/t14-,15+,16-/m0/s1. The number of benzene rings is 1. The summed E-state index contributed by atoms with van der Waals surface area (Å²) in [5.41, 5.74) is 1.05. The third-order valence-corrected chi connectivity index (χ3v) is 5.36. The number of aryl methyl sites for hydroxylation is 1. The van der Waals surface area contributed by atoms with E-state index in [1.54, 1.807) is 17.8 Å². The van der Waals surface area contributed by atoms with Crippen LogP contribution in [0.3, 0.4) is 0 Å². The second-order valence-corrected chi connectivity index (χ2v) is 7.60. The molecule has 2 N–H and O–H groups in total. The van der Waals surface area contributed by atoms with Crippen molar-refractivity contribution >= 4 is 15.9 Å². The summed E-state index contributed by atoms with van der Waals surface area (Å²) in [5, 5.41) is 18.2. The number of nitrogens with zero attached hydrogens (tertiary/aromatic N) is 4. The zero-order chi connectivity index (χ0) is 19.8. The summed E-state index contributed by atoms with van der Waals surface area (Å²) in [6.45, 7) is 1.39. The van der Waals surface area contributed by atoms with Crippen molar-refractivity contribution in [2.75, 3.05) is 6.61 Å². The number of halogens is 1. The number of aliphatic hydroxyl groups excluding tert-OH is 1. The van der Waals surface area contributed by atoms with E-state index in [0.29, 0.717) is 17.7 Å². The maximum absolute atomic E-state index is 12.2. The minimum atomic E-state index is -0.620. The quantitative estimate of drug-likeness (QED) is 0.624. The summed E-state index contributed by atoms with van der Waals surface area (Å²) >= 11 is 3.40. The van der Waals surface area contributed by atoms with Gasteiger partial charge in [0.15, 0.2) is 0 Å². The molecule has 28 heavy (non-hydrogen) atoms. The minimum absolute atomic E-state index is 0.230. The summed E-state index contributed by atoms with van der Waals surface area (Å²) in [7, 11) is 0. The second-order valence-electron chi connectivity index (χ2n) is 6.68. The predicted octanol–water partition coefficient (Wildman–Crippen LogP) is 1.39. The molecule has 3 atom stereocenters. The predicted molar refractivity (Wildman–Crippen MR) is 104 cm³/mol. The third kappa shape index (κ3) is 3.46. The topological polar surface area (TPSA) is 115 Å². The molecule has 0 spiro atoms. The molecule has 1 aliphatic heterocycles. The lowest BCUT2D eigenvalue weighted by molar-refractivity contribution is -0.0323. The lowest BCUT2D eigenvalue weighted by Gasteiger charge is -2.15. The summed E-state index contributed by atoms with van der Waals surface area (Å²) < 4.78 is 9.83. The lowest BCUT2D eigenvalue weighted by atomic mass is 10.1. The molecule has 1 aromatic carbocycles. The van der Waals surface area contributed by atoms with Gasteiger partial charge in [0, 0.05) is 28.2 Å². The zero-order valence-corrected chi connectivity index (χ0v) is 16.5. The molecule has 1 aliphatic rings. The molecule has 146 valence electrons. The normalized spacial score (nSPS) is 21.9. The summed E-state index contributed by atoms with van der Waals surface area (Å²) in [6, 6.07) is 7.40. The fourth-order valence-corrected chi connectivity index (χ4v) is 3.58.